The summed E-state index contributed by atoms with van der Waals surface area (Å²) in [5.74, 6) is 0. The Morgan fingerprint density at radius 3 is 2.24 bits per heavy atom. The van der Waals surface area contributed by atoms with Gasteiger partial charge in [-0.2, -0.15) is 0 Å². The molecule has 3 heteroatoms. The number of hydrogen-bond donors (Lipinski definition) is 0. The Kier molecular flexibility index (Phi) is 4.16. The predicted octanol–water partition coefficient (Wildman–Crippen LogP) is 7.95. The van der Waals surface area contributed by atoms with Gasteiger partial charge >= 0.3 is 0 Å². The van der Waals surface area contributed by atoms with Gasteiger partial charge in [-0.15, -0.1) is 11.3 Å². The van der Waals surface area contributed by atoms with Crippen LogP contribution in [-0.4, -0.2) is 4.98 Å². The smallest absolute Gasteiger partial charge is 0.212 e. The molecule has 0 spiro atoms. The Labute approximate surface area is 173 Å². The van der Waals surface area contributed by atoms with Gasteiger partial charge in [0.15, 0.2) is 0 Å². The average Bonchev–Trinajstić information content (AvgIpc) is 3.11. The molecule has 0 fully saturated rings. The molecule has 0 N–H and O–H groups in total. The standard InChI is InChI=1S/C26H18N2S/c1-16-13-17(2)15-19(14-16)23-25-22(11-12-28-23)21-10-9-20(18-7-5-4-6-8-18)24(27-3)26(21)29-25/h4-15H,1-2H3. The summed E-state index contributed by atoms with van der Waals surface area (Å²) in [4.78, 5) is 8.66. The second-order valence-electron chi connectivity index (χ2n) is 7.33. The Morgan fingerprint density at radius 1 is 0.793 bits per heavy atom. The van der Waals surface area contributed by atoms with Gasteiger partial charge in [-0.1, -0.05) is 59.7 Å². The Morgan fingerprint density at radius 2 is 1.52 bits per heavy atom. The Hall–Kier alpha value is -3.48. The first-order chi connectivity index (χ1) is 14.2. The van der Waals surface area contributed by atoms with Crippen LogP contribution in [0.25, 0.3) is 47.4 Å². The van der Waals surface area contributed by atoms with Gasteiger partial charge in [-0.25, -0.2) is 4.85 Å². The van der Waals surface area contributed by atoms with Gasteiger partial charge in [0.1, 0.15) is 0 Å². The molecule has 0 saturated heterocycles. The van der Waals surface area contributed by atoms with E-state index >= 15 is 0 Å². The number of fused-ring (bicyclic) bond motifs is 3. The molecule has 138 valence electrons. The van der Waals surface area contributed by atoms with Gasteiger partial charge in [0.25, 0.3) is 0 Å². The van der Waals surface area contributed by atoms with E-state index < -0.39 is 0 Å². The SMILES string of the molecule is [C-]#[N+]c1c(-c2ccccc2)ccc2c1sc1c(-c3cc(C)cc(C)c3)nccc12. The Balaban J connectivity index is 1.83. The van der Waals surface area contributed by atoms with Gasteiger partial charge in [-0.05, 0) is 48.6 Å². The van der Waals surface area contributed by atoms with E-state index in [-0.39, 0.29) is 0 Å². The molecule has 0 unspecified atom stereocenters. The van der Waals surface area contributed by atoms with Crippen molar-refractivity contribution in [3.8, 4) is 22.4 Å². The topological polar surface area (TPSA) is 17.2 Å². The fourth-order valence-corrected chi connectivity index (χ4v) is 5.33. The van der Waals surface area contributed by atoms with Gasteiger partial charge in [-0.3, -0.25) is 4.98 Å². The van der Waals surface area contributed by atoms with Crippen LogP contribution in [0.2, 0.25) is 0 Å². The molecule has 0 aliphatic rings. The third-order valence-electron chi connectivity index (χ3n) is 5.22. The summed E-state index contributed by atoms with van der Waals surface area (Å²) in [7, 11) is 0. The van der Waals surface area contributed by atoms with Crippen LogP contribution >= 0.6 is 11.3 Å². The van der Waals surface area contributed by atoms with E-state index in [9.17, 15) is 0 Å². The van der Waals surface area contributed by atoms with Gasteiger partial charge < -0.3 is 0 Å². The number of benzene rings is 3. The van der Waals surface area contributed by atoms with Gasteiger partial charge in [0, 0.05) is 21.8 Å². The highest BCUT2D eigenvalue weighted by Gasteiger charge is 2.17. The summed E-state index contributed by atoms with van der Waals surface area (Å²) in [6.07, 6.45) is 1.88. The van der Waals surface area contributed by atoms with E-state index in [0.717, 1.165) is 42.9 Å². The zero-order chi connectivity index (χ0) is 20.0. The maximum Gasteiger partial charge on any atom is 0.212 e. The summed E-state index contributed by atoms with van der Waals surface area (Å²) in [6, 6.07) is 23.0. The molecule has 5 aromatic rings. The number of aromatic nitrogens is 1. The summed E-state index contributed by atoms with van der Waals surface area (Å²) in [6.45, 7) is 12.1. The molecule has 0 radical (unpaired) electrons. The molecule has 0 aliphatic carbocycles. The van der Waals surface area contributed by atoms with E-state index in [4.69, 9.17) is 11.6 Å². The van der Waals surface area contributed by atoms with Crippen molar-refractivity contribution in [1.29, 1.82) is 0 Å². The van der Waals surface area contributed by atoms with E-state index in [1.165, 1.54) is 16.5 Å². The van der Waals surface area contributed by atoms with Crippen molar-refractivity contribution in [3.05, 3.63) is 95.5 Å². The fourth-order valence-electron chi connectivity index (χ4n) is 4.03. The monoisotopic (exact) mass is 390 g/mol. The molecule has 0 amide bonds. The predicted molar refractivity (Wildman–Crippen MR) is 124 cm³/mol. The van der Waals surface area contributed by atoms with E-state index in [2.05, 4.69) is 67.2 Å². The van der Waals surface area contributed by atoms with Crippen molar-refractivity contribution < 1.29 is 0 Å². The second kappa shape index (κ2) is 6.84. The fraction of sp³-hybridized carbons (Fsp3) is 0.0769. The van der Waals surface area contributed by atoms with Crippen molar-refractivity contribution in [2.24, 2.45) is 0 Å². The van der Waals surface area contributed by atoms with Gasteiger partial charge in [0.2, 0.25) is 5.69 Å². The summed E-state index contributed by atoms with van der Waals surface area (Å²) >= 11 is 1.68. The number of rotatable bonds is 2. The second-order valence-corrected chi connectivity index (χ2v) is 8.35. The average molecular weight is 391 g/mol. The lowest BCUT2D eigenvalue weighted by atomic mass is 10.0. The maximum absolute atomic E-state index is 7.88. The number of aryl methyl sites for hydroxylation is 2. The van der Waals surface area contributed by atoms with E-state index in [0.29, 0.717) is 0 Å². The summed E-state index contributed by atoms with van der Waals surface area (Å²) in [5.41, 5.74) is 7.37. The molecule has 29 heavy (non-hydrogen) atoms. The third kappa shape index (κ3) is 2.90. The van der Waals surface area contributed by atoms with Crippen molar-refractivity contribution >= 4 is 37.2 Å². The van der Waals surface area contributed by atoms with Crippen molar-refractivity contribution in [1.82, 2.24) is 4.98 Å². The number of hydrogen-bond acceptors (Lipinski definition) is 2. The van der Waals surface area contributed by atoms with Gasteiger partial charge in [0.05, 0.1) is 17.0 Å². The minimum atomic E-state index is 0.723. The first-order valence-electron chi connectivity index (χ1n) is 9.51. The molecular weight excluding hydrogens is 372 g/mol. The molecule has 0 atom stereocenters. The lowest BCUT2D eigenvalue weighted by molar-refractivity contribution is 1.33. The molecule has 0 bridgehead atoms. The zero-order valence-electron chi connectivity index (χ0n) is 16.2. The molecule has 2 nitrogen and oxygen atoms in total. The molecule has 3 aromatic carbocycles. The van der Waals surface area contributed by atoms with Crippen LogP contribution in [0.5, 0.6) is 0 Å². The number of thiophene rings is 1. The van der Waals surface area contributed by atoms with Crippen LogP contribution in [0.4, 0.5) is 5.69 Å². The minimum absolute atomic E-state index is 0.723. The number of nitrogens with zero attached hydrogens (tertiary/aromatic N) is 2. The van der Waals surface area contributed by atoms with Crippen LogP contribution in [0.15, 0.2) is 72.9 Å². The van der Waals surface area contributed by atoms with Crippen LogP contribution in [0.1, 0.15) is 11.1 Å². The quantitative estimate of drug-likeness (QED) is 0.280. The Bertz CT molecular complexity index is 1400. The highest BCUT2D eigenvalue weighted by atomic mass is 32.1. The first-order valence-corrected chi connectivity index (χ1v) is 10.3. The summed E-state index contributed by atoms with van der Waals surface area (Å²) in [5, 5.41) is 2.29. The largest absolute Gasteiger partial charge is 0.255 e. The van der Waals surface area contributed by atoms with Crippen molar-refractivity contribution in [3.63, 3.8) is 0 Å². The van der Waals surface area contributed by atoms with Crippen LogP contribution < -0.4 is 0 Å². The molecule has 0 aliphatic heterocycles. The van der Waals surface area contributed by atoms with E-state index in [1.54, 1.807) is 11.3 Å². The first kappa shape index (κ1) is 17.6. The third-order valence-corrected chi connectivity index (χ3v) is 6.46. The molecule has 5 rings (SSSR count). The molecule has 0 saturated carbocycles. The normalized spacial score (nSPS) is 11.1. The zero-order valence-corrected chi connectivity index (χ0v) is 17.0. The lowest BCUT2D eigenvalue weighted by Crippen LogP contribution is -1.86. The highest BCUT2D eigenvalue weighted by molar-refractivity contribution is 7.27. The maximum atomic E-state index is 7.88. The van der Waals surface area contributed by atoms with Crippen LogP contribution in [0, 0.1) is 20.4 Å². The molecular formula is C26H18N2S. The van der Waals surface area contributed by atoms with Crippen LogP contribution in [0.3, 0.4) is 0 Å². The lowest BCUT2D eigenvalue weighted by Gasteiger charge is -2.06. The minimum Gasteiger partial charge on any atom is -0.255 e. The van der Waals surface area contributed by atoms with Crippen molar-refractivity contribution in [2.75, 3.05) is 0 Å². The highest BCUT2D eigenvalue weighted by Crippen LogP contribution is 2.46. The van der Waals surface area contributed by atoms with Crippen molar-refractivity contribution in [2.45, 2.75) is 13.8 Å². The molecule has 2 aromatic heterocycles. The molecule has 2 heterocycles. The summed E-state index contributed by atoms with van der Waals surface area (Å²) < 4.78 is 2.18. The van der Waals surface area contributed by atoms with E-state index in [1.807, 2.05) is 24.4 Å². The van der Waals surface area contributed by atoms with Crippen LogP contribution in [-0.2, 0) is 0 Å². The number of pyridine rings is 1.